The number of nitrogens with zero attached hydrogens (tertiary/aromatic N) is 1. The first-order chi connectivity index (χ1) is 14.8. The molecule has 1 unspecified atom stereocenters. The maximum absolute atomic E-state index is 13.3. The molecule has 1 aliphatic rings. The number of fused-ring (bicyclic) bond motifs is 2. The molecule has 0 bridgehead atoms. The van der Waals surface area contributed by atoms with Crippen LogP contribution in [0.25, 0.3) is 10.2 Å². The monoisotopic (exact) mass is 460 g/mol. The summed E-state index contributed by atoms with van der Waals surface area (Å²) in [6.45, 7) is 6.77. The lowest BCUT2D eigenvalue weighted by molar-refractivity contribution is 0.0260. The molecule has 0 spiro atoms. The van der Waals surface area contributed by atoms with Crippen LogP contribution in [0.2, 0.25) is 0 Å². The first-order valence-electron chi connectivity index (χ1n) is 10.8. The van der Waals surface area contributed by atoms with Gasteiger partial charge in [0.15, 0.2) is 0 Å². The summed E-state index contributed by atoms with van der Waals surface area (Å²) >= 11 is 1.09. The summed E-state index contributed by atoms with van der Waals surface area (Å²) in [7, 11) is -3.79. The zero-order valence-corrected chi connectivity index (χ0v) is 19.7. The van der Waals surface area contributed by atoms with Crippen LogP contribution in [0.5, 0.6) is 5.75 Å². The largest absolute Gasteiger partial charge is 0.487 e. The number of hydrogen-bond acceptors (Lipinski definition) is 5. The molecule has 1 aliphatic heterocycles. The Bertz CT molecular complexity index is 1260. The van der Waals surface area contributed by atoms with Crippen molar-refractivity contribution in [2.45, 2.75) is 69.5 Å². The van der Waals surface area contributed by atoms with Gasteiger partial charge in [-0.2, -0.15) is 0 Å². The van der Waals surface area contributed by atoms with Gasteiger partial charge >= 0.3 is 4.87 Å². The second-order valence-corrected chi connectivity index (χ2v) is 10.8. The third kappa shape index (κ3) is 4.04. The molecule has 0 saturated carbocycles. The molecule has 0 aliphatic carbocycles. The van der Waals surface area contributed by atoms with E-state index in [1.807, 2.05) is 31.2 Å². The van der Waals surface area contributed by atoms with E-state index in [9.17, 15) is 13.2 Å². The third-order valence-electron chi connectivity index (χ3n) is 6.18. The Morgan fingerprint density at radius 2 is 1.90 bits per heavy atom. The van der Waals surface area contributed by atoms with E-state index in [1.54, 1.807) is 22.8 Å². The number of aromatic nitrogens is 1. The predicted molar refractivity (Wildman–Crippen MR) is 124 cm³/mol. The van der Waals surface area contributed by atoms with Gasteiger partial charge in [0.2, 0.25) is 10.0 Å². The summed E-state index contributed by atoms with van der Waals surface area (Å²) in [5.74, 6) is 0.732. The minimum absolute atomic E-state index is 0.0617. The molecule has 1 atom stereocenters. The maximum Gasteiger partial charge on any atom is 0.308 e. The number of benzene rings is 2. The Balaban J connectivity index is 1.70. The highest BCUT2D eigenvalue weighted by Gasteiger charge is 2.40. The standard InChI is InChI=1S/C23H28N2O4S2/c1-4-13-25-19-12-11-16(14-21(19)30-22(25)26)31(27,28)24-18-15-23(5-2,6-3)29-20-10-8-7-9-17(18)20/h7-12,14,18,24H,4-6,13,15H2,1-3H3. The number of hydrogen-bond donors (Lipinski definition) is 1. The number of nitrogens with one attached hydrogen (secondary N) is 1. The van der Waals surface area contributed by atoms with Gasteiger partial charge in [0.05, 0.1) is 21.2 Å². The highest BCUT2D eigenvalue weighted by atomic mass is 32.2. The van der Waals surface area contributed by atoms with Crippen molar-refractivity contribution in [3.05, 3.63) is 57.7 Å². The zero-order valence-electron chi connectivity index (χ0n) is 18.1. The lowest BCUT2D eigenvalue weighted by Crippen LogP contribution is -2.44. The summed E-state index contributed by atoms with van der Waals surface area (Å²) in [5, 5.41) is 0. The van der Waals surface area contributed by atoms with E-state index in [4.69, 9.17) is 4.74 Å². The molecule has 2 aromatic carbocycles. The van der Waals surface area contributed by atoms with E-state index >= 15 is 0 Å². The average Bonchev–Trinajstić information content (AvgIpc) is 3.08. The predicted octanol–water partition coefficient (Wildman–Crippen LogP) is 4.83. The molecule has 8 heteroatoms. The quantitative estimate of drug-likeness (QED) is 0.548. The molecule has 0 fully saturated rings. The van der Waals surface area contributed by atoms with Crippen LogP contribution in [-0.2, 0) is 16.6 Å². The van der Waals surface area contributed by atoms with Crippen molar-refractivity contribution in [3.63, 3.8) is 0 Å². The number of para-hydroxylation sites is 1. The minimum Gasteiger partial charge on any atom is -0.487 e. The van der Waals surface area contributed by atoms with Gasteiger partial charge < -0.3 is 4.74 Å². The third-order valence-corrected chi connectivity index (χ3v) is 8.59. The molecule has 1 aromatic heterocycles. The van der Waals surface area contributed by atoms with Crippen molar-refractivity contribution >= 4 is 31.6 Å². The summed E-state index contributed by atoms with van der Waals surface area (Å²) < 4.78 is 38.3. The van der Waals surface area contributed by atoms with E-state index < -0.39 is 15.6 Å². The lowest BCUT2D eigenvalue weighted by Gasteiger charge is -2.41. The molecule has 6 nitrogen and oxygen atoms in total. The molecule has 0 radical (unpaired) electrons. The number of aryl methyl sites for hydroxylation is 1. The van der Waals surface area contributed by atoms with Crippen LogP contribution >= 0.6 is 11.3 Å². The molecule has 4 rings (SSSR count). The van der Waals surface area contributed by atoms with Crippen LogP contribution in [0.1, 0.15) is 58.1 Å². The zero-order chi connectivity index (χ0) is 22.2. The molecule has 31 heavy (non-hydrogen) atoms. The fourth-order valence-electron chi connectivity index (χ4n) is 4.31. The van der Waals surface area contributed by atoms with E-state index in [-0.39, 0.29) is 15.8 Å². The molecule has 0 amide bonds. The number of sulfonamides is 1. The summed E-state index contributed by atoms with van der Waals surface area (Å²) in [4.78, 5) is 12.4. The smallest absolute Gasteiger partial charge is 0.308 e. The Kier molecular flexibility index (Phi) is 5.98. The van der Waals surface area contributed by atoms with Crippen molar-refractivity contribution in [2.75, 3.05) is 0 Å². The molecule has 0 saturated heterocycles. The fraction of sp³-hybridized carbons (Fsp3) is 0.435. The van der Waals surface area contributed by atoms with Gasteiger partial charge in [0.25, 0.3) is 0 Å². The van der Waals surface area contributed by atoms with Crippen LogP contribution in [0, 0.1) is 0 Å². The Hall–Kier alpha value is -2.16. The van der Waals surface area contributed by atoms with E-state index in [2.05, 4.69) is 18.6 Å². The van der Waals surface area contributed by atoms with Crippen LogP contribution in [0.15, 0.2) is 52.2 Å². The van der Waals surface area contributed by atoms with Crippen LogP contribution in [-0.4, -0.2) is 18.6 Å². The van der Waals surface area contributed by atoms with E-state index in [0.717, 1.165) is 47.4 Å². The van der Waals surface area contributed by atoms with Gasteiger partial charge in [-0.15, -0.1) is 0 Å². The summed E-state index contributed by atoms with van der Waals surface area (Å²) in [6.07, 6.45) is 2.99. The maximum atomic E-state index is 13.3. The molecule has 1 N–H and O–H groups in total. The molecule has 2 heterocycles. The van der Waals surface area contributed by atoms with Crippen LogP contribution in [0.4, 0.5) is 0 Å². The SMILES string of the molecule is CCCn1c(=O)sc2cc(S(=O)(=O)NC3CC(CC)(CC)Oc4ccccc43)ccc21. The van der Waals surface area contributed by atoms with Gasteiger partial charge in [0, 0.05) is 18.5 Å². The normalized spacial score (nSPS) is 18.0. The lowest BCUT2D eigenvalue weighted by atomic mass is 9.84. The second kappa shape index (κ2) is 8.41. The molecular weight excluding hydrogens is 432 g/mol. The van der Waals surface area contributed by atoms with Crippen LogP contribution in [0.3, 0.4) is 0 Å². The van der Waals surface area contributed by atoms with Crippen molar-refractivity contribution in [3.8, 4) is 5.75 Å². The summed E-state index contributed by atoms with van der Waals surface area (Å²) in [6, 6.07) is 12.2. The highest BCUT2D eigenvalue weighted by molar-refractivity contribution is 7.89. The van der Waals surface area contributed by atoms with Crippen molar-refractivity contribution in [1.29, 1.82) is 0 Å². The summed E-state index contributed by atoms with van der Waals surface area (Å²) in [5.41, 5.74) is 1.23. The van der Waals surface area contributed by atoms with Gasteiger partial charge in [-0.3, -0.25) is 9.36 Å². The Labute approximate surface area is 186 Å². The van der Waals surface area contributed by atoms with Gasteiger partial charge in [0.1, 0.15) is 11.4 Å². The van der Waals surface area contributed by atoms with Crippen molar-refractivity contribution in [1.82, 2.24) is 9.29 Å². The van der Waals surface area contributed by atoms with Gasteiger partial charge in [-0.25, -0.2) is 13.1 Å². The second-order valence-electron chi connectivity index (χ2n) is 8.06. The van der Waals surface area contributed by atoms with Crippen molar-refractivity contribution < 1.29 is 13.2 Å². The highest BCUT2D eigenvalue weighted by Crippen LogP contribution is 2.43. The van der Waals surface area contributed by atoms with Gasteiger partial charge in [-0.05, 0) is 43.5 Å². The average molecular weight is 461 g/mol. The first-order valence-corrected chi connectivity index (χ1v) is 13.1. The van der Waals surface area contributed by atoms with E-state index in [0.29, 0.717) is 17.7 Å². The van der Waals surface area contributed by atoms with E-state index in [1.165, 1.54) is 0 Å². The topological polar surface area (TPSA) is 77.4 Å². The first kappa shape index (κ1) is 22.0. The van der Waals surface area contributed by atoms with Crippen LogP contribution < -0.4 is 14.3 Å². The minimum atomic E-state index is -3.79. The fourth-order valence-corrected chi connectivity index (χ4v) is 6.58. The number of ether oxygens (including phenoxy) is 1. The van der Waals surface area contributed by atoms with Crippen molar-refractivity contribution in [2.24, 2.45) is 0 Å². The molecule has 166 valence electrons. The van der Waals surface area contributed by atoms with Gasteiger partial charge in [-0.1, -0.05) is 50.3 Å². The Morgan fingerprint density at radius 3 is 2.61 bits per heavy atom. The Morgan fingerprint density at radius 1 is 1.16 bits per heavy atom. The number of thiazole rings is 1. The molecular formula is C23H28N2O4S2. The molecule has 3 aromatic rings. The number of rotatable bonds is 7.